The Kier molecular flexibility index (Phi) is 4.73. The van der Waals surface area contributed by atoms with Crippen LogP contribution in [0, 0.1) is 0 Å². The molecule has 1 amide bonds. The van der Waals surface area contributed by atoms with Crippen molar-refractivity contribution in [2.75, 3.05) is 26.8 Å². The van der Waals surface area contributed by atoms with E-state index >= 15 is 0 Å². The number of nitrogens with one attached hydrogen (secondary N) is 2. The summed E-state index contributed by atoms with van der Waals surface area (Å²) in [7, 11) is 1.62. The van der Waals surface area contributed by atoms with Crippen LogP contribution < -0.4 is 10.6 Å². The van der Waals surface area contributed by atoms with Crippen LogP contribution in [0.4, 0.5) is 0 Å². The molecule has 0 radical (unpaired) electrons. The van der Waals surface area contributed by atoms with Gasteiger partial charge in [-0.25, -0.2) is 0 Å². The lowest BCUT2D eigenvalue weighted by molar-refractivity contribution is -0.120. The van der Waals surface area contributed by atoms with E-state index in [4.69, 9.17) is 4.74 Å². The highest BCUT2D eigenvalue weighted by Crippen LogP contribution is 2.40. The van der Waals surface area contributed by atoms with Gasteiger partial charge in [0.1, 0.15) is 0 Å². The van der Waals surface area contributed by atoms with Crippen molar-refractivity contribution < 1.29 is 9.53 Å². The SMILES string of the molecule is COCCNC(=O)CNC1CC1c1ccccc1. The van der Waals surface area contributed by atoms with Crippen molar-refractivity contribution >= 4 is 5.91 Å². The Hall–Kier alpha value is -1.39. The highest BCUT2D eigenvalue weighted by atomic mass is 16.5. The average Bonchev–Trinajstić information content (AvgIpc) is 3.17. The predicted octanol–water partition coefficient (Wildman–Crippen LogP) is 0.895. The zero-order valence-corrected chi connectivity index (χ0v) is 10.7. The predicted molar refractivity (Wildman–Crippen MR) is 70.5 cm³/mol. The number of rotatable bonds is 7. The van der Waals surface area contributed by atoms with Gasteiger partial charge in [0.15, 0.2) is 0 Å². The van der Waals surface area contributed by atoms with Crippen LogP contribution in [0.1, 0.15) is 17.9 Å². The molecule has 0 bridgehead atoms. The molecule has 2 atom stereocenters. The zero-order chi connectivity index (χ0) is 12.8. The van der Waals surface area contributed by atoms with Crippen molar-refractivity contribution in [3.8, 4) is 0 Å². The Morgan fingerprint density at radius 3 is 2.89 bits per heavy atom. The minimum absolute atomic E-state index is 0.0331. The molecule has 2 N–H and O–H groups in total. The molecule has 1 aromatic rings. The summed E-state index contributed by atoms with van der Waals surface area (Å²) >= 11 is 0. The highest BCUT2D eigenvalue weighted by molar-refractivity contribution is 5.78. The molecule has 1 saturated carbocycles. The molecule has 4 nitrogen and oxygen atoms in total. The first-order valence-corrected chi connectivity index (χ1v) is 6.35. The lowest BCUT2D eigenvalue weighted by Gasteiger charge is -2.06. The summed E-state index contributed by atoms with van der Waals surface area (Å²) in [6, 6.07) is 10.9. The Balaban J connectivity index is 1.63. The van der Waals surface area contributed by atoms with Crippen LogP contribution >= 0.6 is 0 Å². The Bertz CT molecular complexity index is 381. The fourth-order valence-corrected chi connectivity index (χ4v) is 2.07. The maximum atomic E-state index is 11.5. The second-order valence-corrected chi connectivity index (χ2v) is 4.58. The number of ether oxygens (including phenoxy) is 1. The molecule has 1 aliphatic carbocycles. The number of amides is 1. The lowest BCUT2D eigenvalue weighted by atomic mass is 10.1. The van der Waals surface area contributed by atoms with Gasteiger partial charge in [0.05, 0.1) is 13.2 Å². The van der Waals surface area contributed by atoms with Crippen LogP contribution in [0.3, 0.4) is 0 Å². The van der Waals surface area contributed by atoms with Gasteiger partial charge in [-0.2, -0.15) is 0 Å². The van der Waals surface area contributed by atoms with Crippen LogP contribution in [-0.2, 0) is 9.53 Å². The standard InChI is InChI=1S/C14H20N2O2/c1-18-8-7-15-14(17)10-16-13-9-12(13)11-5-3-2-4-6-11/h2-6,12-13,16H,7-10H2,1H3,(H,15,17). The number of hydrogen-bond acceptors (Lipinski definition) is 3. The van der Waals surface area contributed by atoms with E-state index in [1.54, 1.807) is 7.11 Å². The lowest BCUT2D eigenvalue weighted by Crippen LogP contribution is -2.36. The van der Waals surface area contributed by atoms with E-state index < -0.39 is 0 Å². The van der Waals surface area contributed by atoms with Gasteiger partial charge in [-0.3, -0.25) is 4.79 Å². The van der Waals surface area contributed by atoms with E-state index in [0.717, 1.165) is 6.42 Å². The van der Waals surface area contributed by atoms with Gasteiger partial charge in [-0.1, -0.05) is 30.3 Å². The van der Waals surface area contributed by atoms with Crippen LogP contribution in [0.2, 0.25) is 0 Å². The molecule has 0 spiro atoms. The average molecular weight is 248 g/mol. The maximum Gasteiger partial charge on any atom is 0.234 e. The zero-order valence-electron chi connectivity index (χ0n) is 10.7. The van der Waals surface area contributed by atoms with Crippen molar-refractivity contribution in [2.45, 2.75) is 18.4 Å². The summed E-state index contributed by atoms with van der Waals surface area (Å²) in [6.07, 6.45) is 1.12. The van der Waals surface area contributed by atoms with Gasteiger partial charge in [0.2, 0.25) is 5.91 Å². The maximum absolute atomic E-state index is 11.5. The number of benzene rings is 1. The fraction of sp³-hybridized carbons (Fsp3) is 0.500. The summed E-state index contributed by atoms with van der Waals surface area (Å²) in [5.74, 6) is 0.601. The van der Waals surface area contributed by atoms with E-state index in [9.17, 15) is 4.79 Å². The third kappa shape index (κ3) is 3.82. The van der Waals surface area contributed by atoms with Gasteiger partial charge < -0.3 is 15.4 Å². The molecular formula is C14H20N2O2. The van der Waals surface area contributed by atoms with E-state index in [-0.39, 0.29) is 5.91 Å². The van der Waals surface area contributed by atoms with Crippen LogP contribution in [0.5, 0.6) is 0 Å². The molecule has 1 aromatic carbocycles. The van der Waals surface area contributed by atoms with Crippen LogP contribution in [-0.4, -0.2) is 38.8 Å². The summed E-state index contributed by atoms with van der Waals surface area (Å²) in [6.45, 7) is 1.52. The molecule has 98 valence electrons. The smallest absolute Gasteiger partial charge is 0.234 e. The van der Waals surface area contributed by atoms with Gasteiger partial charge in [-0.15, -0.1) is 0 Å². The molecule has 1 aliphatic rings. The molecular weight excluding hydrogens is 228 g/mol. The van der Waals surface area contributed by atoms with E-state index in [2.05, 4.69) is 34.9 Å². The molecule has 1 fully saturated rings. The largest absolute Gasteiger partial charge is 0.383 e. The van der Waals surface area contributed by atoms with Gasteiger partial charge in [-0.05, 0) is 12.0 Å². The topological polar surface area (TPSA) is 50.4 Å². The Morgan fingerprint density at radius 1 is 1.39 bits per heavy atom. The van der Waals surface area contributed by atoms with Crippen molar-refractivity contribution in [1.29, 1.82) is 0 Å². The monoisotopic (exact) mass is 248 g/mol. The van der Waals surface area contributed by atoms with E-state index in [1.807, 2.05) is 6.07 Å². The minimum Gasteiger partial charge on any atom is -0.383 e. The highest BCUT2D eigenvalue weighted by Gasteiger charge is 2.37. The van der Waals surface area contributed by atoms with Gasteiger partial charge in [0.25, 0.3) is 0 Å². The first-order chi connectivity index (χ1) is 8.81. The molecule has 4 heteroatoms. The second kappa shape index (κ2) is 6.52. The summed E-state index contributed by atoms with van der Waals surface area (Å²) in [4.78, 5) is 11.5. The number of carbonyl (C=O) groups excluding carboxylic acids is 1. The first kappa shape index (κ1) is 13.1. The normalized spacial score (nSPS) is 21.6. The Labute approximate surface area is 108 Å². The van der Waals surface area contributed by atoms with E-state index in [1.165, 1.54) is 5.56 Å². The molecule has 18 heavy (non-hydrogen) atoms. The molecule has 2 rings (SSSR count). The minimum atomic E-state index is 0.0331. The van der Waals surface area contributed by atoms with E-state index in [0.29, 0.717) is 31.7 Å². The van der Waals surface area contributed by atoms with Crippen molar-refractivity contribution in [3.63, 3.8) is 0 Å². The van der Waals surface area contributed by atoms with Crippen LogP contribution in [0.15, 0.2) is 30.3 Å². The van der Waals surface area contributed by atoms with Crippen LogP contribution in [0.25, 0.3) is 0 Å². The fourth-order valence-electron chi connectivity index (χ4n) is 2.07. The van der Waals surface area contributed by atoms with Gasteiger partial charge in [0, 0.05) is 25.6 Å². The number of hydrogen-bond donors (Lipinski definition) is 2. The summed E-state index contributed by atoms with van der Waals surface area (Å²) in [5.41, 5.74) is 1.36. The third-order valence-corrected chi connectivity index (χ3v) is 3.17. The third-order valence-electron chi connectivity index (χ3n) is 3.17. The summed E-state index contributed by atoms with van der Waals surface area (Å²) in [5, 5.41) is 6.07. The first-order valence-electron chi connectivity index (χ1n) is 6.35. The van der Waals surface area contributed by atoms with Crippen molar-refractivity contribution in [2.24, 2.45) is 0 Å². The molecule has 0 aromatic heterocycles. The number of carbonyl (C=O) groups is 1. The Morgan fingerprint density at radius 2 is 2.17 bits per heavy atom. The number of methoxy groups -OCH3 is 1. The molecule has 0 heterocycles. The second-order valence-electron chi connectivity index (χ2n) is 4.58. The van der Waals surface area contributed by atoms with Gasteiger partial charge >= 0.3 is 0 Å². The molecule has 0 saturated heterocycles. The summed E-state index contributed by atoms with van der Waals surface area (Å²) < 4.78 is 4.87. The van der Waals surface area contributed by atoms with Crippen molar-refractivity contribution in [3.05, 3.63) is 35.9 Å². The van der Waals surface area contributed by atoms with Crippen molar-refractivity contribution in [1.82, 2.24) is 10.6 Å². The molecule has 2 unspecified atom stereocenters. The molecule has 0 aliphatic heterocycles. The quantitative estimate of drug-likeness (QED) is 0.705.